The molecule has 21 heavy (non-hydrogen) atoms. The van der Waals surface area contributed by atoms with Crippen molar-refractivity contribution in [1.29, 1.82) is 0 Å². The van der Waals surface area contributed by atoms with Crippen LogP contribution >= 0.6 is 0 Å². The second-order valence-corrected chi connectivity index (χ2v) is 5.88. The molecule has 0 atom stereocenters. The van der Waals surface area contributed by atoms with Crippen LogP contribution in [0.4, 0.5) is 17.5 Å². The van der Waals surface area contributed by atoms with Gasteiger partial charge in [-0.05, 0) is 38.3 Å². The van der Waals surface area contributed by atoms with Crippen molar-refractivity contribution >= 4 is 17.5 Å². The normalized spacial score (nSPS) is 11.0. The summed E-state index contributed by atoms with van der Waals surface area (Å²) < 4.78 is 0. The summed E-state index contributed by atoms with van der Waals surface area (Å²) in [6.45, 7) is 10.5. The molecule has 0 saturated carbocycles. The molecule has 0 saturated heterocycles. The van der Waals surface area contributed by atoms with Gasteiger partial charge in [0.15, 0.2) is 0 Å². The highest BCUT2D eigenvalue weighted by Crippen LogP contribution is 2.26. The van der Waals surface area contributed by atoms with Gasteiger partial charge in [-0.1, -0.05) is 32.0 Å². The Labute approximate surface area is 127 Å². The van der Waals surface area contributed by atoms with Gasteiger partial charge in [-0.3, -0.25) is 0 Å². The predicted octanol–water partition coefficient (Wildman–Crippen LogP) is 4.47. The molecular weight excluding hydrogens is 260 g/mol. The Kier molecular flexibility index (Phi) is 4.78. The quantitative estimate of drug-likeness (QED) is 0.850. The van der Waals surface area contributed by atoms with Gasteiger partial charge in [0.2, 0.25) is 5.95 Å². The molecule has 0 bridgehead atoms. The number of aryl methyl sites for hydroxylation is 1. The van der Waals surface area contributed by atoms with E-state index in [0.717, 1.165) is 17.2 Å². The average molecular weight is 284 g/mol. The van der Waals surface area contributed by atoms with E-state index in [0.29, 0.717) is 17.9 Å². The molecule has 0 aliphatic heterocycles. The van der Waals surface area contributed by atoms with E-state index >= 15 is 0 Å². The molecule has 2 rings (SSSR count). The van der Waals surface area contributed by atoms with Crippen molar-refractivity contribution in [1.82, 2.24) is 9.97 Å². The summed E-state index contributed by atoms with van der Waals surface area (Å²) in [6, 6.07) is 10.6. The number of para-hydroxylation sites is 1. The fourth-order valence-corrected chi connectivity index (χ4v) is 2.21. The molecule has 0 fully saturated rings. The maximum atomic E-state index is 4.54. The molecule has 112 valence electrons. The number of hydrogen-bond acceptors (Lipinski definition) is 4. The summed E-state index contributed by atoms with van der Waals surface area (Å²) in [6.07, 6.45) is 0. The number of anilines is 3. The summed E-state index contributed by atoms with van der Waals surface area (Å²) in [4.78, 5) is 8.95. The van der Waals surface area contributed by atoms with Crippen molar-refractivity contribution in [3.63, 3.8) is 0 Å². The van der Waals surface area contributed by atoms with Crippen molar-refractivity contribution < 1.29 is 0 Å². The molecule has 1 aromatic heterocycles. The van der Waals surface area contributed by atoms with Crippen LogP contribution in [0.25, 0.3) is 0 Å². The van der Waals surface area contributed by atoms with E-state index in [4.69, 9.17) is 0 Å². The lowest BCUT2D eigenvalue weighted by atomic mass is 10.0. The summed E-state index contributed by atoms with van der Waals surface area (Å²) in [5.74, 6) is 1.94. The zero-order valence-corrected chi connectivity index (χ0v) is 13.4. The Hall–Kier alpha value is -2.10. The average Bonchev–Trinajstić information content (AvgIpc) is 2.37. The van der Waals surface area contributed by atoms with E-state index in [1.807, 2.05) is 19.1 Å². The smallest absolute Gasteiger partial charge is 0.225 e. The van der Waals surface area contributed by atoms with E-state index in [2.05, 4.69) is 66.5 Å². The molecule has 0 aliphatic carbocycles. The summed E-state index contributed by atoms with van der Waals surface area (Å²) in [5, 5.41) is 6.66. The zero-order valence-electron chi connectivity index (χ0n) is 13.4. The maximum Gasteiger partial charge on any atom is 0.225 e. The van der Waals surface area contributed by atoms with E-state index in [-0.39, 0.29) is 0 Å². The first-order valence-corrected chi connectivity index (χ1v) is 7.44. The summed E-state index contributed by atoms with van der Waals surface area (Å²) in [7, 11) is 0. The molecule has 0 radical (unpaired) electrons. The SMILES string of the molecule is Cc1cc(Nc2ccccc2C(C)C)nc(NC(C)C)n1. The number of nitrogens with one attached hydrogen (secondary N) is 2. The monoisotopic (exact) mass is 284 g/mol. The van der Waals surface area contributed by atoms with Crippen molar-refractivity contribution in [3.8, 4) is 0 Å². The van der Waals surface area contributed by atoms with Crippen molar-refractivity contribution in [2.24, 2.45) is 0 Å². The highest BCUT2D eigenvalue weighted by Gasteiger charge is 2.08. The number of rotatable bonds is 5. The minimum atomic E-state index is 0.308. The lowest BCUT2D eigenvalue weighted by Crippen LogP contribution is -2.13. The second kappa shape index (κ2) is 6.57. The van der Waals surface area contributed by atoms with E-state index in [1.54, 1.807) is 0 Å². The van der Waals surface area contributed by atoms with Gasteiger partial charge < -0.3 is 10.6 Å². The lowest BCUT2D eigenvalue weighted by Gasteiger charge is -2.15. The number of benzene rings is 1. The molecule has 4 heteroatoms. The van der Waals surface area contributed by atoms with Gasteiger partial charge in [0, 0.05) is 23.5 Å². The topological polar surface area (TPSA) is 49.8 Å². The molecule has 2 aromatic rings. The van der Waals surface area contributed by atoms with E-state index < -0.39 is 0 Å². The van der Waals surface area contributed by atoms with Crippen molar-refractivity contribution in [3.05, 3.63) is 41.6 Å². The molecule has 0 amide bonds. The first-order chi connectivity index (χ1) is 9.95. The maximum absolute atomic E-state index is 4.54. The van der Waals surface area contributed by atoms with Gasteiger partial charge in [0.25, 0.3) is 0 Å². The number of aromatic nitrogens is 2. The van der Waals surface area contributed by atoms with Crippen LogP contribution < -0.4 is 10.6 Å². The van der Waals surface area contributed by atoms with Crippen LogP contribution in [-0.4, -0.2) is 16.0 Å². The standard InChI is InChI=1S/C17H24N4/c1-11(2)14-8-6-7-9-15(14)20-16-10-13(5)19-17(21-16)18-12(3)4/h6-12H,1-5H3,(H2,18,19,20,21). The van der Waals surface area contributed by atoms with Crippen LogP contribution in [0.2, 0.25) is 0 Å². The first kappa shape index (κ1) is 15.3. The molecular formula is C17H24N4. The fraction of sp³-hybridized carbons (Fsp3) is 0.412. The van der Waals surface area contributed by atoms with Crippen LogP contribution in [0.15, 0.2) is 30.3 Å². The fourth-order valence-electron chi connectivity index (χ4n) is 2.21. The highest BCUT2D eigenvalue weighted by molar-refractivity contribution is 5.62. The highest BCUT2D eigenvalue weighted by atomic mass is 15.1. The summed E-state index contributed by atoms with van der Waals surface area (Å²) in [5.41, 5.74) is 3.32. The number of hydrogen-bond donors (Lipinski definition) is 2. The van der Waals surface area contributed by atoms with Gasteiger partial charge in [-0.15, -0.1) is 0 Å². The van der Waals surface area contributed by atoms with Crippen LogP contribution in [0.5, 0.6) is 0 Å². The Morgan fingerprint density at radius 3 is 2.38 bits per heavy atom. The predicted molar refractivity (Wildman–Crippen MR) is 89.3 cm³/mol. The Morgan fingerprint density at radius 1 is 1.00 bits per heavy atom. The largest absolute Gasteiger partial charge is 0.352 e. The van der Waals surface area contributed by atoms with Crippen LogP contribution in [0, 0.1) is 6.92 Å². The second-order valence-electron chi connectivity index (χ2n) is 5.88. The zero-order chi connectivity index (χ0) is 15.4. The van der Waals surface area contributed by atoms with Gasteiger partial charge >= 0.3 is 0 Å². The third-order valence-electron chi connectivity index (χ3n) is 3.12. The van der Waals surface area contributed by atoms with Crippen LogP contribution in [0.1, 0.15) is 44.9 Å². The van der Waals surface area contributed by atoms with Gasteiger partial charge in [-0.2, -0.15) is 4.98 Å². The van der Waals surface area contributed by atoms with Gasteiger partial charge in [0.05, 0.1) is 0 Å². The first-order valence-electron chi connectivity index (χ1n) is 7.44. The number of nitrogens with zero attached hydrogens (tertiary/aromatic N) is 2. The Morgan fingerprint density at radius 2 is 1.71 bits per heavy atom. The third kappa shape index (κ3) is 4.18. The molecule has 2 N–H and O–H groups in total. The van der Waals surface area contributed by atoms with E-state index in [1.165, 1.54) is 5.56 Å². The minimum Gasteiger partial charge on any atom is -0.352 e. The van der Waals surface area contributed by atoms with E-state index in [9.17, 15) is 0 Å². The molecule has 0 unspecified atom stereocenters. The molecule has 1 aromatic carbocycles. The minimum absolute atomic E-state index is 0.308. The molecule has 0 aliphatic rings. The summed E-state index contributed by atoms with van der Waals surface area (Å²) >= 11 is 0. The third-order valence-corrected chi connectivity index (χ3v) is 3.12. The van der Waals surface area contributed by atoms with Crippen LogP contribution in [-0.2, 0) is 0 Å². The Bertz CT molecular complexity index is 605. The Balaban J connectivity index is 2.29. The van der Waals surface area contributed by atoms with Crippen molar-refractivity contribution in [2.75, 3.05) is 10.6 Å². The molecule has 0 spiro atoms. The van der Waals surface area contributed by atoms with Gasteiger partial charge in [0.1, 0.15) is 5.82 Å². The molecule has 1 heterocycles. The van der Waals surface area contributed by atoms with Gasteiger partial charge in [-0.25, -0.2) is 4.98 Å². The van der Waals surface area contributed by atoms with Crippen LogP contribution in [0.3, 0.4) is 0 Å². The van der Waals surface area contributed by atoms with Crippen molar-refractivity contribution in [2.45, 2.75) is 46.6 Å². The molecule has 4 nitrogen and oxygen atoms in total. The lowest BCUT2D eigenvalue weighted by molar-refractivity contribution is 0.866.